The summed E-state index contributed by atoms with van der Waals surface area (Å²) in [7, 11) is 0. The summed E-state index contributed by atoms with van der Waals surface area (Å²) in [4.78, 5) is 11.1. The Hall–Kier alpha value is -2.41. The fraction of sp³-hybridized carbons (Fsp3) is 0. The van der Waals surface area contributed by atoms with Crippen molar-refractivity contribution in [2.75, 3.05) is 0 Å². The zero-order valence-corrected chi connectivity index (χ0v) is 9.84. The Balaban J connectivity index is 2.35. The van der Waals surface area contributed by atoms with Crippen LogP contribution < -0.4 is 0 Å². The molecule has 3 aromatic rings. The summed E-state index contributed by atoms with van der Waals surface area (Å²) in [6.07, 6.45) is 0.914. The van der Waals surface area contributed by atoms with E-state index in [1.807, 2.05) is 42.5 Å². The van der Waals surface area contributed by atoms with Crippen molar-refractivity contribution in [2.45, 2.75) is 0 Å². The molecule has 0 unspecified atom stereocenters. The van der Waals surface area contributed by atoms with Gasteiger partial charge in [0.25, 0.3) is 0 Å². The van der Waals surface area contributed by atoms with Gasteiger partial charge in [0.2, 0.25) is 0 Å². The first kappa shape index (κ1) is 10.7. The van der Waals surface area contributed by atoms with Gasteiger partial charge in [0, 0.05) is 5.56 Å². The first-order valence-corrected chi connectivity index (χ1v) is 5.92. The highest BCUT2D eigenvalue weighted by molar-refractivity contribution is 6.04. The average Bonchev–Trinajstić information content (AvgIpc) is 2.47. The maximum atomic E-state index is 11.1. The molecule has 86 valence electrons. The molecule has 3 aromatic carbocycles. The highest BCUT2D eigenvalue weighted by Gasteiger charge is 2.05. The van der Waals surface area contributed by atoms with Crippen LogP contribution in [0.15, 0.2) is 66.7 Å². The van der Waals surface area contributed by atoms with Crippen molar-refractivity contribution in [3.8, 4) is 11.1 Å². The Bertz CT molecular complexity index is 699. The molecule has 0 saturated carbocycles. The van der Waals surface area contributed by atoms with Gasteiger partial charge >= 0.3 is 0 Å². The molecule has 1 nitrogen and oxygen atoms in total. The van der Waals surface area contributed by atoms with E-state index in [4.69, 9.17) is 0 Å². The van der Waals surface area contributed by atoms with Crippen LogP contribution in [0.4, 0.5) is 0 Å². The standard InChI is InChI=1S/C17H12O/c18-12-14-8-4-11-17-15(9-5-10-16(14)17)13-6-2-1-3-7-13/h1-12H. The average molecular weight is 232 g/mol. The quantitative estimate of drug-likeness (QED) is 0.601. The number of carbonyl (C=O) groups excluding carboxylic acids is 1. The third kappa shape index (κ3) is 1.70. The van der Waals surface area contributed by atoms with Crippen LogP contribution >= 0.6 is 0 Å². The van der Waals surface area contributed by atoms with Gasteiger partial charge in [-0.05, 0) is 21.9 Å². The normalized spacial score (nSPS) is 10.4. The molecule has 0 atom stereocenters. The van der Waals surface area contributed by atoms with Crippen molar-refractivity contribution in [2.24, 2.45) is 0 Å². The molecule has 0 radical (unpaired) electrons. The van der Waals surface area contributed by atoms with Crippen molar-refractivity contribution in [3.63, 3.8) is 0 Å². The molecule has 0 saturated heterocycles. The molecule has 0 aromatic heterocycles. The minimum absolute atomic E-state index is 0.741. The van der Waals surface area contributed by atoms with Crippen LogP contribution in [-0.2, 0) is 0 Å². The third-order valence-electron chi connectivity index (χ3n) is 3.17. The van der Waals surface area contributed by atoms with E-state index in [0.717, 1.165) is 28.2 Å². The van der Waals surface area contributed by atoms with E-state index in [0.29, 0.717) is 0 Å². The summed E-state index contributed by atoms with van der Waals surface area (Å²) in [5, 5.41) is 2.13. The van der Waals surface area contributed by atoms with Gasteiger partial charge in [-0.25, -0.2) is 0 Å². The second-order valence-electron chi connectivity index (χ2n) is 4.23. The maximum absolute atomic E-state index is 11.1. The van der Waals surface area contributed by atoms with Crippen molar-refractivity contribution in [1.29, 1.82) is 0 Å². The smallest absolute Gasteiger partial charge is 0.150 e. The van der Waals surface area contributed by atoms with Gasteiger partial charge in [-0.1, -0.05) is 66.7 Å². The molecule has 0 amide bonds. The van der Waals surface area contributed by atoms with Crippen molar-refractivity contribution in [3.05, 3.63) is 72.3 Å². The van der Waals surface area contributed by atoms with E-state index >= 15 is 0 Å². The van der Waals surface area contributed by atoms with Gasteiger partial charge in [0.05, 0.1) is 0 Å². The maximum Gasteiger partial charge on any atom is 0.150 e. The molecule has 0 bridgehead atoms. The van der Waals surface area contributed by atoms with Gasteiger partial charge in [0.1, 0.15) is 0 Å². The number of fused-ring (bicyclic) bond motifs is 1. The Labute approximate surface area is 106 Å². The zero-order chi connectivity index (χ0) is 12.4. The molecule has 0 heterocycles. The molecule has 0 spiro atoms. The summed E-state index contributed by atoms with van der Waals surface area (Å²) in [5.74, 6) is 0. The number of rotatable bonds is 2. The number of aldehydes is 1. The SMILES string of the molecule is O=Cc1cccc2c(-c3ccccc3)cccc12. The largest absolute Gasteiger partial charge is 0.298 e. The second-order valence-corrected chi connectivity index (χ2v) is 4.23. The van der Waals surface area contributed by atoms with E-state index < -0.39 is 0 Å². The summed E-state index contributed by atoms with van der Waals surface area (Å²) in [6, 6.07) is 22.1. The van der Waals surface area contributed by atoms with Gasteiger partial charge in [-0.15, -0.1) is 0 Å². The van der Waals surface area contributed by atoms with E-state index in [9.17, 15) is 4.79 Å². The van der Waals surface area contributed by atoms with Gasteiger partial charge in [-0.3, -0.25) is 4.79 Å². The zero-order valence-electron chi connectivity index (χ0n) is 9.84. The van der Waals surface area contributed by atoms with Crippen molar-refractivity contribution in [1.82, 2.24) is 0 Å². The van der Waals surface area contributed by atoms with E-state index in [1.165, 1.54) is 5.56 Å². The van der Waals surface area contributed by atoms with Gasteiger partial charge < -0.3 is 0 Å². The molecule has 0 aliphatic heterocycles. The number of carbonyl (C=O) groups is 1. The molecule has 0 aliphatic carbocycles. The summed E-state index contributed by atoms with van der Waals surface area (Å²) in [6.45, 7) is 0. The van der Waals surface area contributed by atoms with Gasteiger partial charge in [-0.2, -0.15) is 0 Å². The lowest BCUT2D eigenvalue weighted by atomic mass is 9.96. The van der Waals surface area contributed by atoms with Crippen molar-refractivity contribution >= 4 is 17.1 Å². The van der Waals surface area contributed by atoms with Crippen LogP contribution in [0, 0.1) is 0 Å². The predicted octanol–water partition coefficient (Wildman–Crippen LogP) is 4.32. The van der Waals surface area contributed by atoms with Gasteiger partial charge in [0.15, 0.2) is 6.29 Å². The monoisotopic (exact) mass is 232 g/mol. The van der Waals surface area contributed by atoms with E-state index in [-0.39, 0.29) is 0 Å². The lowest BCUT2D eigenvalue weighted by Crippen LogP contribution is -1.86. The highest BCUT2D eigenvalue weighted by atomic mass is 16.1. The van der Waals surface area contributed by atoms with Crippen molar-refractivity contribution < 1.29 is 4.79 Å². The number of hydrogen-bond acceptors (Lipinski definition) is 1. The Morgan fingerprint density at radius 2 is 1.39 bits per heavy atom. The highest BCUT2D eigenvalue weighted by Crippen LogP contribution is 2.29. The Morgan fingerprint density at radius 3 is 2.17 bits per heavy atom. The molecule has 0 fully saturated rings. The fourth-order valence-corrected chi connectivity index (χ4v) is 2.31. The Kier molecular flexibility index (Phi) is 2.66. The molecule has 3 rings (SSSR count). The summed E-state index contributed by atoms with van der Waals surface area (Å²) in [5.41, 5.74) is 3.08. The Morgan fingerprint density at radius 1 is 0.667 bits per heavy atom. The molecular formula is C17H12O. The summed E-state index contributed by atoms with van der Waals surface area (Å²) >= 11 is 0. The van der Waals surface area contributed by atoms with Crippen LogP contribution in [0.3, 0.4) is 0 Å². The number of hydrogen-bond donors (Lipinski definition) is 0. The van der Waals surface area contributed by atoms with Crippen LogP contribution in [0.5, 0.6) is 0 Å². The van der Waals surface area contributed by atoms with Crippen LogP contribution in [0.2, 0.25) is 0 Å². The molecule has 18 heavy (non-hydrogen) atoms. The second kappa shape index (κ2) is 4.46. The molecule has 0 aliphatic rings. The third-order valence-corrected chi connectivity index (χ3v) is 3.17. The lowest BCUT2D eigenvalue weighted by Gasteiger charge is -2.08. The molecule has 1 heteroatoms. The molecular weight excluding hydrogens is 220 g/mol. The summed E-state index contributed by atoms with van der Waals surface area (Å²) < 4.78 is 0. The van der Waals surface area contributed by atoms with Crippen LogP contribution in [-0.4, -0.2) is 6.29 Å². The van der Waals surface area contributed by atoms with Crippen LogP contribution in [0.25, 0.3) is 21.9 Å². The number of benzene rings is 3. The van der Waals surface area contributed by atoms with E-state index in [2.05, 4.69) is 24.3 Å². The molecule has 0 N–H and O–H groups in total. The predicted molar refractivity (Wildman–Crippen MR) is 74.8 cm³/mol. The first-order chi connectivity index (χ1) is 8.90. The van der Waals surface area contributed by atoms with Crippen LogP contribution in [0.1, 0.15) is 10.4 Å². The first-order valence-electron chi connectivity index (χ1n) is 5.92. The topological polar surface area (TPSA) is 17.1 Å². The fourth-order valence-electron chi connectivity index (χ4n) is 2.31. The van der Waals surface area contributed by atoms with E-state index in [1.54, 1.807) is 0 Å². The lowest BCUT2D eigenvalue weighted by molar-refractivity contribution is 0.112. The minimum atomic E-state index is 0.741. The minimum Gasteiger partial charge on any atom is -0.298 e.